The molecule has 0 spiro atoms. The van der Waals surface area contributed by atoms with Gasteiger partial charge in [0.25, 0.3) is 0 Å². The topological polar surface area (TPSA) is 64.4 Å². The Kier molecular flexibility index (Phi) is 3.63. The molecule has 2 rings (SSSR count). The molecule has 0 atom stereocenters. The van der Waals surface area contributed by atoms with E-state index in [1.807, 2.05) is 48.5 Å². The maximum atomic E-state index is 5.95. The highest BCUT2D eigenvalue weighted by atomic mass is 127. The second-order valence-corrected chi connectivity index (χ2v) is 4.81. The van der Waals surface area contributed by atoms with Gasteiger partial charge in [-0.3, -0.25) is 0 Å². The van der Waals surface area contributed by atoms with E-state index in [2.05, 4.69) is 27.6 Å². The Morgan fingerprint density at radius 3 is 2.53 bits per heavy atom. The number of hydrogen-bond donors (Lipinski definition) is 2. The molecule has 3 nitrogen and oxygen atoms in total. The molecule has 2 aromatic carbocycles. The minimum atomic E-state index is 0.435. The van der Waals surface area contributed by atoms with Crippen LogP contribution in [0.25, 0.3) is 0 Å². The van der Waals surface area contributed by atoms with Gasteiger partial charge in [-0.1, -0.05) is 18.2 Å². The molecule has 0 radical (unpaired) electrons. The molecular weight excluding hydrogens is 325 g/mol. The maximum absolute atomic E-state index is 5.95. The Morgan fingerprint density at radius 2 is 1.82 bits per heavy atom. The molecule has 0 saturated carbocycles. The van der Waals surface area contributed by atoms with Crippen molar-refractivity contribution in [3.05, 3.63) is 57.7 Å². The summed E-state index contributed by atoms with van der Waals surface area (Å²) in [4.78, 5) is 4.36. The molecule has 0 amide bonds. The highest BCUT2D eigenvalue weighted by Crippen LogP contribution is 2.18. The number of aliphatic imine (C=N–C) groups is 1. The first-order valence-electron chi connectivity index (χ1n) is 5.11. The zero-order valence-electron chi connectivity index (χ0n) is 9.10. The molecule has 0 bridgehead atoms. The number of hydrogen-bond acceptors (Lipinski definition) is 2. The fourth-order valence-corrected chi connectivity index (χ4v) is 2.00. The molecule has 2 aromatic rings. The highest BCUT2D eigenvalue weighted by Gasteiger charge is 2.02. The normalized spacial score (nSPS) is 11.5. The van der Waals surface area contributed by atoms with E-state index in [9.17, 15) is 0 Å². The molecule has 17 heavy (non-hydrogen) atoms. The predicted molar refractivity (Wildman–Crippen MR) is 80.4 cm³/mol. The summed E-state index contributed by atoms with van der Waals surface area (Å²) in [7, 11) is 0. The van der Waals surface area contributed by atoms with E-state index in [1.54, 1.807) is 0 Å². The third kappa shape index (κ3) is 2.97. The largest absolute Gasteiger partial charge is 0.398 e. The Bertz CT molecular complexity index is 564. The van der Waals surface area contributed by atoms with Gasteiger partial charge >= 0.3 is 0 Å². The zero-order chi connectivity index (χ0) is 12.3. The smallest absolute Gasteiger partial charge is 0.133 e. The number of para-hydroxylation sites is 1. The van der Waals surface area contributed by atoms with Gasteiger partial charge < -0.3 is 11.5 Å². The van der Waals surface area contributed by atoms with Gasteiger partial charge in [0, 0.05) is 14.8 Å². The molecule has 0 saturated heterocycles. The minimum absolute atomic E-state index is 0.435. The van der Waals surface area contributed by atoms with Gasteiger partial charge in [-0.05, 0) is 52.9 Å². The van der Waals surface area contributed by atoms with E-state index in [1.165, 1.54) is 0 Å². The average Bonchev–Trinajstić information content (AvgIpc) is 2.29. The van der Waals surface area contributed by atoms with Crippen molar-refractivity contribution in [3.63, 3.8) is 0 Å². The molecule has 0 fully saturated rings. The van der Waals surface area contributed by atoms with Gasteiger partial charge in [0.05, 0.1) is 5.69 Å². The van der Waals surface area contributed by atoms with Gasteiger partial charge in [-0.25, -0.2) is 4.99 Å². The van der Waals surface area contributed by atoms with Crippen molar-refractivity contribution in [1.29, 1.82) is 0 Å². The van der Waals surface area contributed by atoms with Crippen LogP contribution in [0.3, 0.4) is 0 Å². The lowest BCUT2D eigenvalue weighted by Gasteiger charge is -2.04. The molecule has 0 aliphatic carbocycles. The minimum Gasteiger partial charge on any atom is -0.398 e. The molecule has 0 aliphatic rings. The summed E-state index contributed by atoms with van der Waals surface area (Å²) in [6.45, 7) is 0. The lowest BCUT2D eigenvalue weighted by atomic mass is 10.1. The summed E-state index contributed by atoms with van der Waals surface area (Å²) >= 11 is 2.24. The first-order chi connectivity index (χ1) is 8.16. The summed E-state index contributed by atoms with van der Waals surface area (Å²) in [5.41, 5.74) is 14.0. The van der Waals surface area contributed by atoms with Crippen molar-refractivity contribution in [2.24, 2.45) is 10.7 Å². The van der Waals surface area contributed by atoms with Crippen LogP contribution in [0.2, 0.25) is 0 Å². The Balaban J connectivity index is 2.38. The molecular formula is C13H12IN3. The highest BCUT2D eigenvalue weighted by molar-refractivity contribution is 14.1. The number of nitrogens with two attached hydrogens (primary N) is 2. The van der Waals surface area contributed by atoms with Crippen LogP contribution in [0.15, 0.2) is 53.5 Å². The van der Waals surface area contributed by atoms with Gasteiger partial charge in [0.1, 0.15) is 5.84 Å². The Labute approximate surface area is 114 Å². The number of nitrogen functional groups attached to an aromatic ring is 1. The molecule has 0 heterocycles. The third-order valence-corrected chi connectivity index (χ3v) is 2.97. The molecule has 0 aliphatic heterocycles. The average molecular weight is 337 g/mol. The summed E-state index contributed by atoms with van der Waals surface area (Å²) < 4.78 is 1.12. The van der Waals surface area contributed by atoms with Crippen LogP contribution in [0.4, 0.5) is 11.4 Å². The van der Waals surface area contributed by atoms with Gasteiger partial charge in [0.2, 0.25) is 0 Å². The summed E-state index contributed by atoms with van der Waals surface area (Å²) in [5.74, 6) is 0.435. The number of rotatable bonds is 2. The van der Waals surface area contributed by atoms with Crippen LogP contribution in [0.5, 0.6) is 0 Å². The number of amidine groups is 1. The number of halogens is 1. The maximum Gasteiger partial charge on any atom is 0.133 e. The van der Waals surface area contributed by atoms with Crippen molar-refractivity contribution in [2.45, 2.75) is 0 Å². The molecule has 0 aromatic heterocycles. The second kappa shape index (κ2) is 5.18. The van der Waals surface area contributed by atoms with Crippen LogP contribution in [-0.2, 0) is 0 Å². The van der Waals surface area contributed by atoms with Crippen LogP contribution < -0.4 is 11.5 Å². The SMILES string of the molecule is NC(=Nc1cccc(I)c1)c1ccccc1N. The van der Waals surface area contributed by atoms with Gasteiger partial charge in [0.15, 0.2) is 0 Å². The van der Waals surface area contributed by atoms with E-state index >= 15 is 0 Å². The van der Waals surface area contributed by atoms with Crippen LogP contribution >= 0.6 is 22.6 Å². The Morgan fingerprint density at radius 1 is 1.06 bits per heavy atom. The summed E-state index contributed by atoms with van der Waals surface area (Å²) in [6.07, 6.45) is 0. The standard InChI is InChI=1S/C13H12IN3/c14-9-4-3-5-10(8-9)17-13(16)11-6-1-2-7-12(11)15/h1-8H,15H2,(H2,16,17). The van der Waals surface area contributed by atoms with Crippen LogP contribution in [0, 0.1) is 3.57 Å². The van der Waals surface area contributed by atoms with Crippen molar-refractivity contribution in [2.75, 3.05) is 5.73 Å². The number of nitrogens with zero attached hydrogens (tertiary/aromatic N) is 1. The van der Waals surface area contributed by atoms with E-state index in [-0.39, 0.29) is 0 Å². The fourth-order valence-electron chi connectivity index (χ4n) is 1.48. The van der Waals surface area contributed by atoms with Crippen LogP contribution in [0.1, 0.15) is 5.56 Å². The first kappa shape index (κ1) is 11.9. The lowest BCUT2D eigenvalue weighted by Crippen LogP contribution is -2.14. The van der Waals surface area contributed by atoms with Gasteiger partial charge in [-0.15, -0.1) is 0 Å². The van der Waals surface area contributed by atoms with Crippen molar-refractivity contribution in [1.82, 2.24) is 0 Å². The van der Waals surface area contributed by atoms with E-state index in [0.717, 1.165) is 14.8 Å². The second-order valence-electron chi connectivity index (χ2n) is 3.56. The first-order valence-corrected chi connectivity index (χ1v) is 6.19. The van der Waals surface area contributed by atoms with E-state index in [0.29, 0.717) is 11.5 Å². The van der Waals surface area contributed by atoms with Gasteiger partial charge in [-0.2, -0.15) is 0 Å². The number of anilines is 1. The molecule has 4 N–H and O–H groups in total. The molecule has 4 heteroatoms. The van der Waals surface area contributed by atoms with Crippen molar-refractivity contribution >= 4 is 39.8 Å². The Hall–Kier alpha value is -1.56. The van der Waals surface area contributed by atoms with Crippen LogP contribution in [-0.4, -0.2) is 5.84 Å². The number of benzene rings is 2. The third-order valence-electron chi connectivity index (χ3n) is 2.29. The van der Waals surface area contributed by atoms with E-state index in [4.69, 9.17) is 11.5 Å². The monoisotopic (exact) mass is 337 g/mol. The predicted octanol–water partition coefficient (Wildman–Crippen LogP) is 2.91. The molecule has 0 unspecified atom stereocenters. The molecule has 86 valence electrons. The lowest BCUT2D eigenvalue weighted by molar-refractivity contribution is 1.44. The fraction of sp³-hybridized carbons (Fsp3) is 0. The van der Waals surface area contributed by atoms with Crippen molar-refractivity contribution < 1.29 is 0 Å². The zero-order valence-corrected chi connectivity index (χ0v) is 11.3. The summed E-state index contributed by atoms with van der Waals surface area (Å²) in [5, 5.41) is 0. The van der Waals surface area contributed by atoms with E-state index < -0.39 is 0 Å². The summed E-state index contributed by atoms with van der Waals surface area (Å²) in [6, 6.07) is 15.3. The van der Waals surface area contributed by atoms with Crippen molar-refractivity contribution in [3.8, 4) is 0 Å². The quantitative estimate of drug-likeness (QED) is 0.383.